The van der Waals surface area contributed by atoms with E-state index in [4.69, 9.17) is 15.2 Å². The maximum absolute atomic E-state index is 6.02. The number of hydrogen-bond donors (Lipinski definition) is 1. The Hall–Kier alpha value is -0.160. The summed E-state index contributed by atoms with van der Waals surface area (Å²) < 4.78 is 11.6. The minimum atomic E-state index is -0.0526. The van der Waals surface area contributed by atoms with Crippen molar-refractivity contribution in [1.29, 1.82) is 0 Å². The first kappa shape index (κ1) is 14.3. The summed E-state index contributed by atoms with van der Waals surface area (Å²) in [6, 6.07) is 0. The van der Waals surface area contributed by atoms with Crippen LogP contribution >= 0.6 is 0 Å². The SMILES string of the molecule is CC1CN(CC2(CN)CCCOC2)CC(C)(C)O1. The average molecular weight is 256 g/mol. The lowest BCUT2D eigenvalue weighted by Gasteiger charge is -2.46. The van der Waals surface area contributed by atoms with Gasteiger partial charge in [0.2, 0.25) is 0 Å². The average Bonchev–Trinajstić information content (AvgIpc) is 2.27. The van der Waals surface area contributed by atoms with E-state index in [1.807, 2.05) is 0 Å². The van der Waals surface area contributed by atoms with Crippen molar-refractivity contribution in [3.8, 4) is 0 Å². The third-order valence-corrected chi connectivity index (χ3v) is 4.04. The Morgan fingerprint density at radius 3 is 2.72 bits per heavy atom. The first-order valence-electron chi connectivity index (χ1n) is 7.13. The summed E-state index contributed by atoms with van der Waals surface area (Å²) in [4.78, 5) is 2.51. The first-order valence-corrected chi connectivity index (χ1v) is 7.13. The molecule has 0 amide bonds. The molecule has 0 aromatic carbocycles. The lowest BCUT2D eigenvalue weighted by molar-refractivity contribution is -0.140. The van der Waals surface area contributed by atoms with E-state index in [0.717, 1.165) is 45.8 Å². The van der Waals surface area contributed by atoms with Crippen LogP contribution in [0.5, 0.6) is 0 Å². The molecule has 2 rings (SSSR count). The van der Waals surface area contributed by atoms with Crippen LogP contribution in [-0.2, 0) is 9.47 Å². The molecule has 4 nitrogen and oxygen atoms in total. The summed E-state index contributed by atoms with van der Waals surface area (Å²) in [6.45, 7) is 12.0. The van der Waals surface area contributed by atoms with E-state index in [2.05, 4.69) is 25.7 Å². The number of ether oxygens (including phenoxy) is 2. The van der Waals surface area contributed by atoms with Gasteiger partial charge in [0.15, 0.2) is 0 Å². The summed E-state index contributed by atoms with van der Waals surface area (Å²) in [7, 11) is 0. The molecule has 2 unspecified atom stereocenters. The quantitative estimate of drug-likeness (QED) is 0.825. The molecule has 0 spiro atoms. The summed E-state index contributed by atoms with van der Waals surface area (Å²) in [5.41, 5.74) is 6.13. The number of rotatable bonds is 3. The molecule has 0 aromatic heterocycles. The molecule has 0 radical (unpaired) electrons. The van der Waals surface area contributed by atoms with Crippen molar-refractivity contribution in [3.05, 3.63) is 0 Å². The molecule has 2 atom stereocenters. The van der Waals surface area contributed by atoms with E-state index < -0.39 is 0 Å². The predicted octanol–water partition coefficient (Wildman–Crippen LogP) is 1.24. The fourth-order valence-corrected chi connectivity index (χ4v) is 3.44. The smallest absolute Gasteiger partial charge is 0.0757 e. The highest BCUT2D eigenvalue weighted by Gasteiger charge is 2.38. The van der Waals surface area contributed by atoms with Gasteiger partial charge in [0.05, 0.1) is 18.3 Å². The second-order valence-corrected chi connectivity index (χ2v) is 6.72. The lowest BCUT2D eigenvalue weighted by atomic mass is 9.81. The zero-order valence-corrected chi connectivity index (χ0v) is 12.1. The minimum absolute atomic E-state index is 0.0526. The van der Waals surface area contributed by atoms with Gasteiger partial charge in [-0.2, -0.15) is 0 Å². The predicted molar refractivity (Wildman–Crippen MR) is 72.6 cm³/mol. The molecular formula is C14H28N2O2. The van der Waals surface area contributed by atoms with Gasteiger partial charge in [-0.25, -0.2) is 0 Å². The number of hydrogen-bond acceptors (Lipinski definition) is 4. The lowest BCUT2D eigenvalue weighted by Crippen LogP contribution is -2.56. The maximum atomic E-state index is 6.02. The van der Waals surface area contributed by atoms with Gasteiger partial charge in [-0.3, -0.25) is 4.90 Å². The molecule has 2 N–H and O–H groups in total. The van der Waals surface area contributed by atoms with E-state index >= 15 is 0 Å². The Labute approximate surface area is 111 Å². The van der Waals surface area contributed by atoms with Gasteiger partial charge in [0, 0.05) is 38.2 Å². The fourth-order valence-electron chi connectivity index (χ4n) is 3.44. The fraction of sp³-hybridized carbons (Fsp3) is 1.00. The van der Waals surface area contributed by atoms with Crippen molar-refractivity contribution < 1.29 is 9.47 Å². The van der Waals surface area contributed by atoms with E-state index in [1.165, 1.54) is 6.42 Å². The number of nitrogens with zero attached hydrogens (tertiary/aromatic N) is 1. The highest BCUT2D eigenvalue weighted by Crippen LogP contribution is 2.31. The zero-order valence-electron chi connectivity index (χ0n) is 12.1. The monoisotopic (exact) mass is 256 g/mol. The highest BCUT2D eigenvalue weighted by molar-refractivity contribution is 4.90. The first-order chi connectivity index (χ1) is 8.45. The number of nitrogens with two attached hydrogens (primary N) is 1. The van der Waals surface area contributed by atoms with Gasteiger partial charge in [-0.05, 0) is 33.6 Å². The van der Waals surface area contributed by atoms with Crippen molar-refractivity contribution in [2.75, 3.05) is 39.4 Å². The van der Waals surface area contributed by atoms with E-state index in [0.29, 0.717) is 6.10 Å². The molecule has 2 fully saturated rings. The van der Waals surface area contributed by atoms with Crippen molar-refractivity contribution >= 4 is 0 Å². The van der Waals surface area contributed by atoms with Crippen molar-refractivity contribution in [1.82, 2.24) is 4.90 Å². The van der Waals surface area contributed by atoms with Gasteiger partial charge in [0.25, 0.3) is 0 Å². The molecule has 106 valence electrons. The molecule has 2 aliphatic rings. The molecule has 0 saturated carbocycles. The molecule has 4 heteroatoms. The van der Waals surface area contributed by atoms with Crippen molar-refractivity contribution in [2.24, 2.45) is 11.1 Å². The van der Waals surface area contributed by atoms with Crippen LogP contribution < -0.4 is 5.73 Å². The van der Waals surface area contributed by atoms with Gasteiger partial charge in [-0.15, -0.1) is 0 Å². The Morgan fingerprint density at radius 2 is 2.17 bits per heavy atom. The molecule has 18 heavy (non-hydrogen) atoms. The maximum Gasteiger partial charge on any atom is 0.0757 e. The summed E-state index contributed by atoms with van der Waals surface area (Å²) in [6.07, 6.45) is 2.63. The Kier molecular flexibility index (Phi) is 4.32. The number of morpholine rings is 1. The van der Waals surface area contributed by atoms with Crippen LogP contribution in [0.3, 0.4) is 0 Å². The summed E-state index contributed by atoms with van der Waals surface area (Å²) >= 11 is 0. The van der Waals surface area contributed by atoms with Crippen LogP contribution in [0.2, 0.25) is 0 Å². The largest absolute Gasteiger partial charge is 0.381 e. The van der Waals surface area contributed by atoms with Crippen LogP contribution in [0.25, 0.3) is 0 Å². The van der Waals surface area contributed by atoms with Gasteiger partial charge < -0.3 is 15.2 Å². The Bertz CT molecular complexity index is 275. The van der Waals surface area contributed by atoms with Gasteiger partial charge in [0.1, 0.15) is 0 Å². The van der Waals surface area contributed by atoms with Crippen LogP contribution in [0, 0.1) is 5.41 Å². The Morgan fingerprint density at radius 1 is 1.39 bits per heavy atom. The summed E-state index contributed by atoms with van der Waals surface area (Å²) in [5.74, 6) is 0. The van der Waals surface area contributed by atoms with E-state index in [-0.39, 0.29) is 11.0 Å². The molecular weight excluding hydrogens is 228 g/mol. The van der Waals surface area contributed by atoms with Crippen molar-refractivity contribution in [3.63, 3.8) is 0 Å². The topological polar surface area (TPSA) is 47.7 Å². The van der Waals surface area contributed by atoms with Crippen LogP contribution in [0.15, 0.2) is 0 Å². The highest BCUT2D eigenvalue weighted by atomic mass is 16.5. The second kappa shape index (κ2) is 5.45. The third-order valence-electron chi connectivity index (χ3n) is 4.04. The Balaban J connectivity index is 1.98. The van der Waals surface area contributed by atoms with Crippen LogP contribution in [-0.4, -0.2) is 56.0 Å². The van der Waals surface area contributed by atoms with E-state index in [9.17, 15) is 0 Å². The normalized spacial score (nSPS) is 37.7. The van der Waals surface area contributed by atoms with Gasteiger partial charge >= 0.3 is 0 Å². The molecule has 0 aliphatic carbocycles. The van der Waals surface area contributed by atoms with Gasteiger partial charge in [-0.1, -0.05) is 0 Å². The summed E-state index contributed by atoms with van der Waals surface area (Å²) in [5, 5.41) is 0. The molecule has 2 saturated heterocycles. The van der Waals surface area contributed by atoms with Crippen molar-refractivity contribution in [2.45, 2.75) is 45.3 Å². The van der Waals surface area contributed by atoms with Crippen LogP contribution in [0.4, 0.5) is 0 Å². The van der Waals surface area contributed by atoms with Crippen LogP contribution in [0.1, 0.15) is 33.6 Å². The zero-order chi connectivity index (χ0) is 13.2. The minimum Gasteiger partial charge on any atom is -0.381 e. The standard InChI is InChI=1S/C14H28N2O2/c1-12-7-16(9-13(2,3)18-12)10-14(8-15)5-4-6-17-11-14/h12H,4-11,15H2,1-3H3. The third kappa shape index (κ3) is 3.44. The molecule has 2 heterocycles. The molecule has 0 aromatic rings. The second-order valence-electron chi connectivity index (χ2n) is 6.72. The molecule has 0 bridgehead atoms. The van der Waals surface area contributed by atoms with E-state index in [1.54, 1.807) is 0 Å². The molecule has 2 aliphatic heterocycles.